The summed E-state index contributed by atoms with van der Waals surface area (Å²) in [7, 11) is 0. The molecule has 0 spiro atoms. The third kappa shape index (κ3) is 2.41. The number of nitrogens with two attached hydrogens (primary N) is 1. The fraction of sp³-hybridized carbons (Fsp3) is 0.312. The van der Waals surface area contributed by atoms with E-state index in [2.05, 4.69) is 0 Å². The Balaban J connectivity index is 1.85. The second-order valence-corrected chi connectivity index (χ2v) is 5.21. The topological polar surface area (TPSA) is 51.3 Å². The number of benzene rings is 1. The molecule has 4 heteroatoms. The Morgan fingerprint density at radius 3 is 2.40 bits per heavy atom. The van der Waals surface area contributed by atoms with E-state index >= 15 is 0 Å². The lowest BCUT2D eigenvalue weighted by atomic mass is 10.1. The first-order valence-electron chi connectivity index (χ1n) is 7.08. The molecule has 1 aromatic carbocycles. The molecule has 0 atom stereocenters. The Kier molecular flexibility index (Phi) is 3.46. The number of hydrogen-bond acceptors (Lipinski definition) is 2. The Hall–Kier alpha value is -2.23. The third-order valence-electron chi connectivity index (χ3n) is 3.81. The van der Waals surface area contributed by atoms with Crippen LogP contribution in [0.3, 0.4) is 0 Å². The van der Waals surface area contributed by atoms with E-state index in [0.717, 1.165) is 31.6 Å². The van der Waals surface area contributed by atoms with Crippen LogP contribution in [0.4, 0.5) is 5.69 Å². The summed E-state index contributed by atoms with van der Waals surface area (Å²) < 4.78 is 1.98. The lowest BCUT2D eigenvalue weighted by molar-refractivity contribution is 0.0725. The first-order chi connectivity index (χ1) is 9.75. The van der Waals surface area contributed by atoms with Gasteiger partial charge in [-0.05, 0) is 49.6 Å². The van der Waals surface area contributed by atoms with E-state index in [4.69, 9.17) is 5.73 Å². The van der Waals surface area contributed by atoms with Gasteiger partial charge in [0.25, 0.3) is 5.91 Å². The lowest BCUT2D eigenvalue weighted by Crippen LogP contribution is -2.36. The van der Waals surface area contributed by atoms with E-state index in [1.807, 2.05) is 52.2 Å². The fourth-order valence-corrected chi connectivity index (χ4v) is 2.68. The highest BCUT2D eigenvalue weighted by Gasteiger charge is 2.20. The van der Waals surface area contributed by atoms with E-state index in [1.165, 1.54) is 6.42 Å². The average Bonchev–Trinajstić information content (AvgIpc) is 3.01. The summed E-state index contributed by atoms with van der Waals surface area (Å²) >= 11 is 0. The Bertz CT molecular complexity index is 598. The van der Waals surface area contributed by atoms with Gasteiger partial charge in [0.15, 0.2) is 0 Å². The number of amides is 1. The summed E-state index contributed by atoms with van der Waals surface area (Å²) in [5.74, 6) is 0.0567. The van der Waals surface area contributed by atoms with Crippen LogP contribution >= 0.6 is 0 Å². The van der Waals surface area contributed by atoms with Gasteiger partial charge in [0.05, 0.1) is 5.56 Å². The zero-order valence-corrected chi connectivity index (χ0v) is 11.5. The van der Waals surface area contributed by atoms with Crippen LogP contribution in [-0.4, -0.2) is 28.5 Å². The van der Waals surface area contributed by atoms with Crippen LogP contribution < -0.4 is 5.73 Å². The maximum atomic E-state index is 12.5. The molecule has 3 rings (SSSR count). The van der Waals surface area contributed by atoms with Gasteiger partial charge < -0.3 is 15.2 Å². The largest absolute Gasteiger partial charge is 0.398 e. The van der Waals surface area contributed by atoms with Crippen molar-refractivity contribution in [1.82, 2.24) is 9.47 Å². The highest BCUT2D eigenvalue weighted by Crippen LogP contribution is 2.21. The van der Waals surface area contributed by atoms with E-state index in [0.29, 0.717) is 11.3 Å². The van der Waals surface area contributed by atoms with Crippen LogP contribution in [0.25, 0.3) is 5.69 Å². The first-order valence-corrected chi connectivity index (χ1v) is 7.08. The lowest BCUT2D eigenvalue weighted by Gasteiger charge is -2.27. The van der Waals surface area contributed by atoms with Gasteiger partial charge in [0, 0.05) is 36.9 Å². The molecular weight excluding hydrogens is 250 g/mol. The Morgan fingerprint density at radius 1 is 1.05 bits per heavy atom. The summed E-state index contributed by atoms with van der Waals surface area (Å²) in [5.41, 5.74) is 8.21. The van der Waals surface area contributed by atoms with Gasteiger partial charge in [-0.1, -0.05) is 0 Å². The second-order valence-electron chi connectivity index (χ2n) is 5.21. The van der Waals surface area contributed by atoms with Gasteiger partial charge in [-0.15, -0.1) is 0 Å². The van der Waals surface area contributed by atoms with Crippen LogP contribution in [0.1, 0.15) is 29.6 Å². The molecule has 0 unspecified atom stereocenters. The van der Waals surface area contributed by atoms with E-state index in [-0.39, 0.29) is 5.91 Å². The first kappa shape index (κ1) is 12.8. The predicted molar refractivity (Wildman–Crippen MR) is 79.9 cm³/mol. The summed E-state index contributed by atoms with van der Waals surface area (Å²) in [6, 6.07) is 9.55. The molecule has 0 radical (unpaired) electrons. The average molecular weight is 269 g/mol. The van der Waals surface area contributed by atoms with Gasteiger partial charge in [-0.3, -0.25) is 4.79 Å². The number of rotatable bonds is 2. The minimum absolute atomic E-state index is 0.0567. The van der Waals surface area contributed by atoms with Gasteiger partial charge in [-0.2, -0.15) is 0 Å². The summed E-state index contributed by atoms with van der Waals surface area (Å²) in [4.78, 5) is 14.4. The van der Waals surface area contributed by atoms with E-state index in [1.54, 1.807) is 0 Å². The Labute approximate surface area is 118 Å². The van der Waals surface area contributed by atoms with Crippen molar-refractivity contribution >= 4 is 11.6 Å². The molecule has 4 nitrogen and oxygen atoms in total. The monoisotopic (exact) mass is 269 g/mol. The van der Waals surface area contributed by atoms with E-state index < -0.39 is 0 Å². The highest BCUT2D eigenvalue weighted by atomic mass is 16.2. The van der Waals surface area contributed by atoms with Crippen molar-refractivity contribution in [3.8, 4) is 5.69 Å². The summed E-state index contributed by atoms with van der Waals surface area (Å²) in [6.45, 7) is 1.69. The van der Waals surface area contributed by atoms with E-state index in [9.17, 15) is 4.79 Å². The molecule has 1 amide bonds. The van der Waals surface area contributed by atoms with Crippen molar-refractivity contribution in [2.24, 2.45) is 0 Å². The zero-order chi connectivity index (χ0) is 13.9. The van der Waals surface area contributed by atoms with Crippen molar-refractivity contribution in [2.75, 3.05) is 18.8 Å². The number of likely N-dealkylation sites (tertiary alicyclic amines) is 1. The molecule has 1 saturated heterocycles. The quantitative estimate of drug-likeness (QED) is 0.852. The minimum Gasteiger partial charge on any atom is -0.398 e. The van der Waals surface area contributed by atoms with Crippen molar-refractivity contribution in [3.05, 3.63) is 48.3 Å². The smallest absolute Gasteiger partial charge is 0.255 e. The molecule has 0 bridgehead atoms. The van der Waals surface area contributed by atoms with Gasteiger partial charge in [0.2, 0.25) is 0 Å². The zero-order valence-electron chi connectivity index (χ0n) is 11.5. The normalized spacial score (nSPS) is 15.3. The summed E-state index contributed by atoms with van der Waals surface area (Å²) in [5, 5.41) is 0. The van der Waals surface area contributed by atoms with Crippen LogP contribution in [-0.2, 0) is 0 Å². The highest BCUT2D eigenvalue weighted by molar-refractivity contribution is 5.99. The maximum absolute atomic E-state index is 12.5. The molecule has 2 heterocycles. The van der Waals surface area contributed by atoms with Crippen molar-refractivity contribution in [3.63, 3.8) is 0 Å². The second kappa shape index (κ2) is 5.41. The molecule has 0 saturated carbocycles. The van der Waals surface area contributed by atoms with Crippen LogP contribution in [0.15, 0.2) is 42.7 Å². The Morgan fingerprint density at radius 2 is 1.75 bits per heavy atom. The molecule has 2 N–H and O–H groups in total. The van der Waals surface area contributed by atoms with Crippen LogP contribution in [0.5, 0.6) is 0 Å². The number of anilines is 1. The fourth-order valence-electron chi connectivity index (χ4n) is 2.68. The molecule has 1 aromatic heterocycles. The third-order valence-corrected chi connectivity index (χ3v) is 3.81. The molecule has 104 valence electrons. The van der Waals surface area contributed by atoms with Gasteiger partial charge >= 0.3 is 0 Å². The number of aromatic nitrogens is 1. The minimum atomic E-state index is 0.0567. The molecule has 2 aromatic rings. The van der Waals surface area contributed by atoms with Gasteiger partial charge in [-0.25, -0.2) is 0 Å². The molecule has 1 fully saturated rings. The number of hydrogen-bond donors (Lipinski definition) is 1. The SMILES string of the molecule is Nc1cc(-n2cccc2)ccc1C(=O)N1CCCCC1. The molecule has 1 aliphatic heterocycles. The molecule has 20 heavy (non-hydrogen) atoms. The molecule has 1 aliphatic rings. The standard InChI is InChI=1S/C16H19N3O/c17-15-12-13(18-8-4-5-9-18)6-7-14(15)16(20)19-10-2-1-3-11-19/h4-9,12H,1-3,10-11,17H2. The number of carbonyl (C=O) groups is 1. The molecule has 0 aliphatic carbocycles. The molecular formula is C16H19N3O. The summed E-state index contributed by atoms with van der Waals surface area (Å²) in [6.07, 6.45) is 7.31. The van der Waals surface area contributed by atoms with Crippen molar-refractivity contribution in [2.45, 2.75) is 19.3 Å². The van der Waals surface area contributed by atoms with Crippen molar-refractivity contribution in [1.29, 1.82) is 0 Å². The number of piperidine rings is 1. The maximum Gasteiger partial charge on any atom is 0.255 e. The van der Waals surface area contributed by atoms with Crippen molar-refractivity contribution < 1.29 is 4.79 Å². The van der Waals surface area contributed by atoms with Gasteiger partial charge in [0.1, 0.15) is 0 Å². The van der Waals surface area contributed by atoms with Crippen LogP contribution in [0.2, 0.25) is 0 Å². The number of nitrogen functional groups attached to an aromatic ring is 1. The predicted octanol–water partition coefficient (Wildman–Crippen LogP) is 2.69. The number of nitrogens with zero attached hydrogens (tertiary/aromatic N) is 2. The van der Waals surface area contributed by atoms with Crippen LogP contribution in [0, 0.1) is 0 Å². The number of carbonyl (C=O) groups excluding carboxylic acids is 1.